The fraction of sp³-hybridized carbons (Fsp3) is 0.400. The molecule has 0 bridgehead atoms. The number of nitrogens with zero attached hydrogens (tertiary/aromatic N) is 1. The van der Waals surface area contributed by atoms with Crippen LogP contribution in [0.4, 0.5) is 5.69 Å². The third kappa shape index (κ3) is 7.25. The zero-order valence-corrected chi connectivity index (χ0v) is 17.2. The van der Waals surface area contributed by atoms with Crippen LogP contribution < -0.4 is 15.8 Å². The lowest BCUT2D eigenvalue weighted by Crippen LogP contribution is -2.36. The van der Waals surface area contributed by atoms with E-state index in [9.17, 15) is 9.59 Å². The fourth-order valence-corrected chi connectivity index (χ4v) is 2.32. The van der Waals surface area contributed by atoms with Gasteiger partial charge < -0.3 is 25.1 Å². The van der Waals surface area contributed by atoms with Crippen molar-refractivity contribution in [3.63, 3.8) is 0 Å². The van der Waals surface area contributed by atoms with E-state index < -0.39 is 0 Å². The van der Waals surface area contributed by atoms with Gasteiger partial charge in [-0.2, -0.15) is 0 Å². The van der Waals surface area contributed by atoms with Crippen LogP contribution in [0.5, 0.6) is 5.75 Å². The van der Waals surface area contributed by atoms with Crippen molar-refractivity contribution in [3.8, 4) is 5.75 Å². The highest BCUT2D eigenvalue weighted by Crippen LogP contribution is 2.18. The van der Waals surface area contributed by atoms with E-state index in [-0.39, 0.29) is 42.6 Å². The standard InChI is InChI=1S/C20H27N3O4.ClH/c1-14(2)17(21)9-10-23(3)19(24)13-27-16-7-4-6-15(12-16)22-20(25)18-8-5-11-26-18;/h4-8,11-12,14,17H,9-10,13,21H2,1-3H3,(H,22,25);1H. The highest BCUT2D eigenvalue weighted by atomic mass is 35.5. The summed E-state index contributed by atoms with van der Waals surface area (Å²) in [6.07, 6.45) is 2.18. The molecule has 0 spiro atoms. The highest BCUT2D eigenvalue weighted by Gasteiger charge is 2.14. The molecule has 0 aliphatic carbocycles. The number of carbonyl (C=O) groups is 2. The van der Waals surface area contributed by atoms with Crippen LogP contribution in [-0.2, 0) is 4.79 Å². The van der Waals surface area contributed by atoms with E-state index in [2.05, 4.69) is 19.2 Å². The quantitative estimate of drug-likeness (QED) is 0.662. The van der Waals surface area contributed by atoms with Gasteiger partial charge in [-0.25, -0.2) is 0 Å². The van der Waals surface area contributed by atoms with E-state index in [0.717, 1.165) is 6.42 Å². The number of amides is 2. The molecule has 2 rings (SSSR count). The largest absolute Gasteiger partial charge is 0.484 e. The molecule has 0 aliphatic rings. The van der Waals surface area contributed by atoms with E-state index >= 15 is 0 Å². The summed E-state index contributed by atoms with van der Waals surface area (Å²) in [5, 5.41) is 2.72. The minimum Gasteiger partial charge on any atom is -0.484 e. The second-order valence-corrected chi connectivity index (χ2v) is 6.76. The Kier molecular flexibility index (Phi) is 9.55. The lowest BCUT2D eigenvalue weighted by molar-refractivity contribution is -0.132. The predicted octanol–water partition coefficient (Wildman–Crippen LogP) is 3.16. The number of hydrogen-bond donors (Lipinski definition) is 2. The van der Waals surface area contributed by atoms with Crippen molar-refractivity contribution in [1.82, 2.24) is 4.90 Å². The molecule has 0 saturated carbocycles. The first-order valence-electron chi connectivity index (χ1n) is 8.94. The Morgan fingerprint density at radius 1 is 1.25 bits per heavy atom. The van der Waals surface area contributed by atoms with Crippen LogP contribution in [0.15, 0.2) is 47.1 Å². The summed E-state index contributed by atoms with van der Waals surface area (Å²) in [5.41, 5.74) is 6.56. The molecule has 1 aromatic carbocycles. The van der Waals surface area contributed by atoms with Gasteiger partial charge in [0, 0.05) is 31.4 Å². The number of nitrogens with one attached hydrogen (secondary N) is 1. The third-order valence-electron chi connectivity index (χ3n) is 4.28. The van der Waals surface area contributed by atoms with Gasteiger partial charge in [0.05, 0.1) is 6.26 Å². The van der Waals surface area contributed by atoms with Gasteiger partial charge in [-0.15, -0.1) is 12.4 Å². The summed E-state index contributed by atoms with van der Waals surface area (Å²) >= 11 is 0. The maximum Gasteiger partial charge on any atom is 0.291 e. The van der Waals surface area contributed by atoms with Crippen LogP contribution in [0.2, 0.25) is 0 Å². The number of furan rings is 1. The van der Waals surface area contributed by atoms with Gasteiger partial charge in [0.1, 0.15) is 5.75 Å². The molecular formula is C20H28ClN3O4. The summed E-state index contributed by atoms with van der Waals surface area (Å²) in [4.78, 5) is 25.8. The summed E-state index contributed by atoms with van der Waals surface area (Å²) in [5.74, 6) is 0.611. The van der Waals surface area contributed by atoms with Crippen molar-refractivity contribution in [2.75, 3.05) is 25.5 Å². The van der Waals surface area contributed by atoms with Gasteiger partial charge in [-0.1, -0.05) is 19.9 Å². The van der Waals surface area contributed by atoms with Gasteiger partial charge >= 0.3 is 0 Å². The van der Waals surface area contributed by atoms with Crippen molar-refractivity contribution >= 4 is 29.9 Å². The fourth-order valence-electron chi connectivity index (χ4n) is 2.32. The summed E-state index contributed by atoms with van der Waals surface area (Å²) in [7, 11) is 1.73. The number of anilines is 1. The SMILES string of the molecule is CC(C)C(N)CCN(C)C(=O)COc1cccc(NC(=O)c2ccco2)c1.Cl. The van der Waals surface area contributed by atoms with Gasteiger partial charge in [0.2, 0.25) is 0 Å². The molecule has 1 unspecified atom stereocenters. The molecule has 3 N–H and O–H groups in total. The molecule has 8 heteroatoms. The number of likely N-dealkylation sites (N-methyl/N-ethyl adjacent to an activating group) is 1. The van der Waals surface area contributed by atoms with Gasteiger partial charge in [-0.05, 0) is 36.6 Å². The maximum absolute atomic E-state index is 12.2. The molecule has 1 atom stereocenters. The average molecular weight is 410 g/mol. The first-order chi connectivity index (χ1) is 12.9. The van der Waals surface area contributed by atoms with E-state index in [4.69, 9.17) is 14.9 Å². The summed E-state index contributed by atoms with van der Waals surface area (Å²) in [6.45, 7) is 4.63. The summed E-state index contributed by atoms with van der Waals surface area (Å²) < 4.78 is 10.6. The van der Waals surface area contributed by atoms with Gasteiger partial charge in [0.25, 0.3) is 11.8 Å². The van der Waals surface area contributed by atoms with Crippen LogP contribution in [0, 0.1) is 5.92 Å². The number of rotatable bonds is 9. The van der Waals surface area contributed by atoms with Crippen molar-refractivity contribution in [3.05, 3.63) is 48.4 Å². The van der Waals surface area contributed by atoms with Crippen LogP contribution in [0.1, 0.15) is 30.8 Å². The molecule has 0 radical (unpaired) electrons. The summed E-state index contributed by atoms with van der Waals surface area (Å²) in [6, 6.07) is 10.1. The smallest absolute Gasteiger partial charge is 0.291 e. The van der Waals surface area contributed by atoms with Crippen LogP contribution in [0.25, 0.3) is 0 Å². The van der Waals surface area contributed by atoms with Crippen LogP contribution in [-0.4, -0.2) is 43.0 Å². The molecule has 154 valence electrons. The Labute approximate surface area is 171 Å². The van der Waals surface area contributed by atoms with E-state index in [1.165, 1.54) is 6.26 Å². The van der Waals surface area contributed by atoms with Crippen molar-refractivity contribution in [1.29, 1.82) is 0 Å². The number of hydrogen-bond acceptors (Lipinski definition) is 5. The number of halogens is 1. The van der Waals surface area contributed by atoms with Crippen LogP contribution >= 0.6 is 12.4 Å². The topological polar surface area (TPSA) is 97.8 Å². The van der Waals surface area contributed by atoms with Crippen molar-refractivity contribution < 1.29 is 18.7 Å². The number of benzene rings is 1. The Hall–Kier alpha value is -2.51. The van der Waals surface area contributed by atoms with E-state index in [0.29, 0.717) is 23.9 Å². The van der Waals surface area contributed by atoms with Gasteiger partial charge in [-0.3, -0.25) is 9.59 Å². The lowest BCUT2D eigenvalue weighted by Gasteiger charge is -2.21. The molecule has 0 saturated heterocycles. The van der Waals surface area contributed by atoms with Crippen LogP contribution in [0.3, 0.4) is 0 Å². The Morgan fingerprint density at radius 2 is 2.00 bits per heavy atom. The zero-order valence-electron chi connectivity index (χ0n) is 16.4. The molecule has 0 aliphatic heterocycles. The average Bonchev–Trinajstić information content (AvgIpc) is 3.19. The predicted molar refractivity (Wildman–Crippen MR) is 111 cm³/mol. The molecule has 2 aromatic rings. The first kappa shape index (κ1) is 23.5. The number of ether oxygens (including phenoxy) is 1. The first-order valence-corrected chi connectivity index (χ1v) is 8.94. The molecule has 1 heterocycles. The third-order valence-corrected chi connectivity index (χ3v) is 4.28. The Morgan fingerprint density at radius 3 is 2.64 bits per heavy atom. The van der Waals surface area contributed by atoms with Crippen molar-refractivity contribution in [2.45, 2.75) is 26.3 Å². The number of carbonyl (C=O) groups excluding carboxylic acids is 2. The Balaban J connectivity index is 0.00000392. The lowest BCUT2D eigenvalue weighted by atomic mass is 10.0. The monoisotopic (exact) mass is 409 g/mol. The normalized spacial score (nSPS) is 11.5. The highest BCUT2D eigenvalue weighted by molar-refractivity contribution is 6.02. The molecule has 0 fully saturated rings. The van der Waals surface area contributed by atoms with E-state index in [1.54, 1.807) is 48.3 Å². The minimum atomic E-state index is -0.352. The Bertz CT molecular complexity index is 750. The molecule has 28 heavy (non-hydrogen) atoms. The molecule has 2 amide bonds. The minimum absolute atomic E-state index is 0. The molecular weight excluding hydrogens is 382 g/mol. The van der Waals surface area contributed by atoms with Gasteiger partial charge in [0.15, 0.2) is 12.4 Å². The second-order valence-electron chi connectivity index (χ2n) is 6.76. The molecule has 1 aromatic heterocycles. The van der Waals surface area contributed by atoms with E-state index in [1.807, 2.05) is 0 Å². The maximum atomic E-state index is 12.2. The van der Waals surface area contributed by atoms with Crippen molar-refractivity contribution in [2.24, 2.45) is 11.7 Å². The molecule has 7 nitrogen and oxygen atoms in total. The number of nitrogens with two attached hydrogens (primary N) is 1. The zero-order chi connectivity index (χ0) is 19.8. The second kappa shape index (κ2) is 11.4.